The van der Waals surface area contributed by atoms with Crippen LogP contribution in [0.2, 0.25) is 0 Å². The predicted molar refractivity (Wildman–Crippen MR) is 83.3 cm³/mol. The van der Waals surface area contributed by atoms with Gasteiger partial charge in [0.05, 0.1) is 11.9 Å². The number of sulfonamides is 1. The zero-order valence-electron chi connectivity index (χ0n) is 12.1. The van der Waals surface area contributed by atoms with Crippen LogP contribution in [-0.4, -0.2) is 27.3 Å². The minimum Gasteiger partial charge on any atom is -0.382 e. The molecule has 1 saturated carbocycles. The third-order valence-corrected chi connectivity index (χ3v) is 4.42. The van der Waals surface area contributed by atoms with Crippen LogP contribution < -0.4 is 15.8 Å². The highest BCUT2D eigenvalue weighted by Gasteiger charge is 2.24. The van der Waals surface area contributed by atoms with E-state index in [4.69, 9.17) is 5.73 Å². The van der Waals surface area contributed by atoms with E-state index in [9.17, 15) is 12.8 Å². The van der Waals surface area contributed by atoms with Crippen LogP contribution in [0.5, 0.6) is 0 Å². The van der Waals surface area contributed by atoms with E-state index in [1.807, 2.05) is 0 Å². The lowest BCUT2D eigenvalue weighted by Gasteiger charge is -2.32. The Bertz CT molecular complexity index is 592. The molecule has 0 amide bonds. The number of benzene rings is 1. The van der Waals surface area contributed by atoms with Gasteiger partial charge in [0.25, 0.3) is 0 Å². The van der Waals surface area contributed by atoms with Crippen molar-refractivity contribution in [2.75, 3.05) is 22.8 Å². The highest BCUT2D eigenvalue weighted by atomic mass is 32.2. The molecule has 1 aromatic rings. The van der Waals surface area contributed by atoms with Gasteiger partial charge in [-0.1, -0.05) is 12.8 Å². The summed E-state index contributed by atoms with van der Waals surface area (Å²) in [7, 11) is -3.50. The summed E-state index contributed by atoms with van der Waals surface area (Å²) in [6.07, 6.45) is 5.43. The molecule has 1 aliphatic rings. The van der Waals surface area contributed by atoms with Crippen molar-refractivity contribution in [3.8, 4) is 0 Å². The van der Waals surface area contributed by atoms with Gasteiger partial charge in [-0.25, -0.2) is 12.8 Å². The van der Waals surface area contributed by atoms with Crippen molar-refractivity contribution < 1.29 is 12.8 Å². The fourth-order valence-electron chi connectivity index (χ4n) is 2.79. The van der Waals surface area contributed by atoms with Crippen molar-refractivity contribution in [1.82, 2.24) is 0 Å². The number of halogens is 1. The van der Waals surface area contributed by atoms with Crippen LogP contribution in [0.4, 0.5) is 15.8 Å². The van der Waals surface area contributed by atoms with Gasteiger partial charge in [-0.2, -0.15) is 0 Å². The van der Waals surface area contributed by atoms with Crippen LogP contribution in [0.15, 0.2) is 18.2 Å². The molecular formula is C14H22FN3O2S. The molecule has 2 rings (SSSR count). The van der Waals surface area contributed by atoms with Gasteiger partial charge in [-0.05, 0) is 43.5 Å². The first-order valence-corrected chi connectivity index (χ1v) is 9.02. The quantitative estimate of drug-likeness (QED) is 0.777. The molecule has 0 aromatic heterocycles. The molecule has 0 bridgehead atoms. The summed E-state index contributed by atoms with van der Waals surface area (Å²) >= 11 is 0. The van der Waals surface area contributed by atoms with E-state index in [1.54, 1.807) is 6.07 Å². The van der Waals surface area contributed by atoms with E-state index in [-0.39, 0.29) is 11.7 Å². The van der Waals surface area contributed by atoms with Crippen LogP contribution in [0.25, 0.3) is 0 Å². The Kier molecular flexibility index (Phi) is 5.05. The van der Waals surface area contributed by atoms with Gasteiger partial charge in [0.1, 0.15) is 5.82 Å². The molecule has 1 aliphatic carbocycles. The molecular weight excluding hydrogens is 293 g/mol. The SMILES string of the molecule is CS(=O)(=O)Nc1cc(NC2CCCCC2CN)ccc1F. The molecule has 118 valence electrons. The fraction of sp³-hybridized carbons (Fsp3) is 0.571. The summed E-state index contributed by atoms with van der Waals surface area (Å²) in [5, 5.41) is 3.35. The highest BCUT2D eigenvalue weighted by molar-refractivity contribution is 7.92. The van der Waals surface area contributed by atoms with E-state index in [0.717, 1.165) is 25.5 Å². The third-order valence-electron chi connectivity index (χ3n) is 3.83. The summed E-state index contributed by atoms with van der Waals surface area (Å²) < 4.78 is 38.3. The van der Waals surface area contributed by atoms with Gasteiger partial charge in [0.15, 0.2) is 0 Å². The topological polar surface area (TPSA) is 84.2 Å². The van der Waals surface area contributed by atoms with Crippen molar-refractivity contribution in [3.05, 3.63) is 24.0 Å². The first kappa shape index (κ1) is 16.0. The average Bonchev–Trinajstić information content (AvgIpc) is 2.41. The molecule has 5 nitrogen and oxygen atoms in total. The molecule has 1 fully saturated rings. The number of hydrogen-bond acceptors (Lipinski definition) is 4. The van der Waals surface area contributed by atoms with Crippen LogP contribution in [0.3, 0.4) is 0 Å². The smallest absolute Gasteiger partial charge is 0.229 e. The highest BCUT2D eigenvalue weighted by Crippen LogP contribution is 2.28. The first-order chi connectivity index (χ1) is 9.89. The van der Waals surface area contributed by atoms with Crippen molar-refractivity contribution in [3.63, 3.8) is 0 Å². The van der Waals surface area contributed by atoms with Crippen LogP contribution in [0, 0.1) is 11.7 Å². The van der Waals surface area contributed by atoms with Gasteiger partial charge in [-0.3, -0.25) is 4.72 Å². The molecule has 0 saturated heterocycles. The fourth-order valence-corrected chi connectivity index (χ4v) is 3.34. The van der Waals surface area contributed by atoms with Crippen molar-refractivity contribution >= 4 is 21.4 Å². The summed E-state index contributed by atoms with van der Waals surface area (Å²) in [6, 6.07) is 4.61. The Morgan fingerprint density at radius 1 is 1.33 bits per heavy atom. The standard InChI is InChI=1S/C14H22FN3O2S/c1-21(19,20)18-14-8-11(6-7-12(14)15)17-13-5-3-2-4-10(13)9-16/h6-8,10,13,17-18H,2-5,9,16H2,1H3. The minimum absolute atomic E-state index is 0.0393. The van der Waals surface area contributed by atoms with Crippen molar-refractivity contribution in [1.29, 1.82) is 0 Å². The van der Waals surface area contributed by atoms with E-state index in [2.05, 4.69) is 10.0 Å². The molecule has 7 heteroatoms. The molecule has 2 unspecified atom stereocenters. The Labute approximate surface area is 125 Å². The Balaban J connectivity index is 2.15. The summed E-state index contributed by atoms with van der Waals surface area (Å²) in [5.74, 6) is -0.194. The number of anilines is 2. The van der Waals surface area contributed by atoms with E-state index < -0.39 is 15.8 Å². The minimum atomic E-state index is -3.50. The molecule has 21 heavy (non-hydrogen) atoms. The van der Waals surface area contributed by atoms with Crippen LogP contribution >= 0.6 is 0 Å². The first-order valence-electron chi connectivity index (χ1n) is 7.13. The number of nitrogens with one attached hydrogen (secondary N) is 2. The lowest BCUT2D eigenvalue weighted by Crippen LogP contribution is -2.36. The molecule has 2 atom stereocenters. The summed E-state index contributed by atoms with van der Waals surface area (Å²) in [6.45, 7) is 0.618. The maximum atomic E-state index is 13.6. The Morgan fingerprint density at radius 2 is 2.05 bits per heavy atom. The van der Waals surface area contributed by atoms with Gasteiger partial charge in [0, 0.05) is 11.7 Å². The van der Waals surface area contributed by atoms with Crippen LogP contribution in [0.1, 0.15) is 25.7 Å². The molecule has 0 radical (unpaired) electrons. The van der Waals surface area contributed by atoms with Gasteiger partial charge < -0.3 is 11.1 Å². The largest absolute Gasteiger partial charge is 0.382 e. The molecule has 1 aromatic carbocycles. The molecule has 0 aliphatic heterocycles. The predicted octanol–water partition coefficient (Wildman–Crippen LogP) is 2.13. The molecule has 4 N–H and O–H groups in total. The van der Waals surface area contributed by atoms with Crippen LogP contribution in [-0.2, 0) is 10.0 Å². The van der Waals surface area contributed by atoms with E-state index in [0.29, 0.717) is 18.2 Å². The zero-order valence-corrected chi connectivity index (χ0v) is 12.9. The van der Waals surface area contributed by atoms with Gasteiger partial charge in [-0.15, -0.1) is 0 Å². The lowest BCUT2D eigenvalue weighted by molar-refractivity contribution is 0.332. The van der Waals surface area contributed by atoms with E-state index in [1.165, 1.54) is 18.6 Å². The monoisotopic (exact) mass is 315 g/mol. The van der Waals surface area contributed by atoms with Gasteiger partial charge >= 0.3 is 0 Å². The summed E-state index contributed by atoms with van der Waals surface area (Å²) in [5.41, 5.74) is 6.46. The van der Waals surface area contributed by atoms with Crippen molar-refractivity contribution in [2.45, 2.75) is 31.7 Å². The second-order valence-electron chi connectivity index (χ2n) is 5.60. The normalized spacial score (nSPS) is 22.8. The number of nitrogens with two attached hydrogens (primary N) is 1. The lowest BCUT2D eigenvalue weighted by atomic mass is 9.84. The van der Waals surface area contributed by atoms with Crippen molar-refractivity contribution in [2.24, 2.45) is 11.7 Å². The summed E-state index contributed by atoms with van der Waals surface area (Å²) in [4.78, 5) is 0. The van der Waals surface area contributed by atoms with E-state index >= 15 is 0 Å². The average molecular weight is 315 g/mol. The maximum absolute atomic E-state index is 13.6. The molecule has 0 heterocycles. The molecule has 0 spiro atoms. The number of hydrogen-bond donors (Lipinski definition) is 3. The third kappa shape index (κ3) is 4.57. The Morgan fingerprint density at radius 3 is 2.71 bits per heavy atom. The number of rotatable bonds is 5. The van der Waals surface area contributed by atoms with Gasteiger partial charge in [0.2, 0.25) is 10.0 Å². The Hall–Kier alpha value is -1.34. The zero-order chi connectivity index (χ0) is 15.5. The second-order valence-corrected chi connectivity index (χ2v) is 7.35. The second kappa shape index (κ2) is 6.62. The maximum Gasteiger partial charge on any atom is 0.229 e.